The maximum absolute atomic E-state index is 12.8. The molecular formula is C9H4ClFN2O2S. The monoisotopic (exact) mass is 258 g/mol. The normalized spacial score (nSPS) is 10.4. The van der Waals surface area contributed by atoms with Gasteiger partial charge in [0, 0.05) is 5.56 Å². The molecule has 4 nitrogen and oxygen atoms in total. The summed E-state index contributed by atoms with van der Waals surface area (Å²) in [6.07, 6.45) is 0. The third kappa shape index (κ3) is 1.89. The van der Waals surface area contributed by atoms with Gasteiger partial charge < -0.3 is 5.11 Å². The summed E-state index contributed by atoms with van der Waals surface area (Å²) < 4.78 is 16.4. The van der Waals surface area contributed by atoms with Crippen LogP contribution in [0.1, 0.15) is 9.67 Å². The molecule has 0 aliphatic heterocycles. The number of carbonyl (C=O) groups is 1. The van der Waals surface area contributed by atoms with Gasteiger partial charge in [-0.1, -0.05) is 16.1 Å². The summed E-state index contributed by atoms with van der Waals surface area (Å²) >= 11 is 6.55. The Hall–Kier alpha value is -1.53. The molecule has 0 atom stereocenters. The van der Waals surface area contributed by atoms with Crippen molar-refractivity contribution in [2.24, 2.45) is 0 Å². The van der Waals surface area contributed by atoms with Crippen LogP contribution in [0.4, 0.5) is 4.39 Å². The molecule has 0 amide bonds. The quantitative estimate of drug-likeness (QED) is 0.900. The smallest absolute Gasteiger partial charge is 0.349 e. The Balaban J connectivity index is 2.59. The minimum atomic E-state index is -1.13. The van der Waals surface area contributed by atoms with Gasteiger partial charge in [0.1, 0.15) is 11.5 Å². The number of aromatic carboxylic acids is 1. The lowest BCUT2D eigenvalue weighted by atomic mass is 10.1. The zero-order chi connectivity index (χ0) is 11.7. The zero-order valence-corrected chi connectivity index (χ0v) is 9.22. The van der Waals surface area contributed by atoms with Gasteiger partial charge >= 0.3 is 5.97 Å². The standard InChI is InChI=1S/C9H4ClFN2O2S/c10-6-3-4(11)1-2-5(6)7-8(9(14)15)16-13-12-7/h1-3H,(H,14,15). The molecule has 0 saturated heterocycles. The van der Waals surface area contributed by atoms with Crippen LogP contribution in [0.3, 0.4) is 0 Å². The van der Waals surface area contributed by atoms with E-state index < -0.39 is 11.8 Å². The van der Waals surface area contributed by atoms with E-state index in [4.69, 9.17) is 16.7 Å². The predicted octanol–water partition coefficient (Wildman–Crippen LogP) is 2.70. The van der Waals surface area contributed by atoms with Gasteiger partial charge in [0.15, 0.2) is 4.88 Å². The number of aromatic nitrogens is 2. The summed E-state index contributed by atoms with van der Waals surface area (Å²) in [6.45, 7) is 0. The molecular weight excluding hydrogens is 255 g/mol. The average molecular weight is 259 g/mol. The third-order valence-corrected chi connectivity index (χ3v) is 2.90. The van der Waals surface area contributed by atoms with Crippen LogP contribution in [-0.2, 0) is 0 Å². The van der Waals surface area contributed by atoms with E-state index >= 15 is 0 Å². The summed E-state index contributed by atoms with van der Waals surface area (Å²) in [7, 11) is 0. The maximum atomic E-state index is 12.8. The molecule has 0 radical (unpaired) electrons. The Morgan fingerprint density at radius 3 is 2.88 bits per heavy atom. The number of carboxylic acid groups (broad SMARTS) is 1. The maximum Gasteiger partial charge on any atom is 0.349 e. The van der Waals surface area contributed by atoms with E-state index in [0.717, 1.165) is 17.6 Å². The average Bonchev–Trinajstić information content (AvgIpc) is 2.66. The molecule has 1 aromatic heterocycles. The highest BCUT2D eigenvalue weighted by Gasteiger charge is 2.18. The second-order valence-electron chi connectivity index (χ2n) is 2.88. The lowest BCUT2D eigenvalue weighted by Crippen LogP contribution is -1.96. The van der Waals surface area contributed by atoms with Crippen LogP contribution in [0.15, 0.2) is 18.2 Å². The summed E-state index contributed by atoms with van der Waals surface area (Å²) in [4.78, 5) is 10.8. The largest absolute Gasteiger partial charge is 0.477 e. The van der Waals surface area contributed by atoms with Gasteiger partial charge in [-0.15, -0.1) is 5.10 Å². The van der Waals surface area contributed by atoms with Crippen LogP contribution in [0.25, 0.3) is 11.3 Å². The van der Waals surface area contributed by atoms with Crippen molar-refractivity contribution >= 4 is 29.1 Å². The molecule has 0 spiro atoms. The van der Waals surface area contributed by atoms with Crippen molar-refractivity contribution in [2.75, 3.05) is 0 Å². The van der Waals surface area contributed by atoms with Crippen molar-refractivity contribution in [3.05, 3.63) is 33.9 Å². The van der Waals surface area contributed by atoms with Crippen molar-refractivity contribution in [2.45, 2.75) is 0 Å². The first-order valence-corrected chi connectivity index (χ1v) is 5.26. The van der Waals surface area contributed by atoms with Gasteiger partial charge in [-0.05, 0) is 29.7 Å². The highest BCUT2D eigenvalue weighted by molar-refractivity contribution is 7.08. The molecule has 0 saturated carbocycles. The van der Waals surface area contributed by atoms with E-state index in [1.165, 1.54) is 12.1 Å². The number of benzene rings is 1. The van der Waals surface area contributed by atoms with E-state index in [0.29, 0.717) is 5.56 Å². The van der Waals surface area contributed by atoms with Crippen LogP contribution < -0.4 is 0 Å². The first kappa shape index (κ1) is 11.0. The predicted molar refractivity (Wildman–Crippen MR) is 57.3 cm³/mol. The lowest BCUT2D eigenvalue weighted by Gasteiger charge is -2.01. The molecule has 7 heteroatoms. The van der Waals surface area contributed by atoms with Crippen molar-refractivity contribution in [3.63, 3.8) is 0 Å². The molecule has 2 aromatic rings. The summed E-state index contributed by atoms with van der Waals surface area (Å²) in [5.74, 6) is -1.63. The van der Waals surface area contributed by atoms with Crippen molar-refractivity contribution in [1.82, 2.24) is 9.59 Å². The fraction of sp³-hybridized carbons (Fsp3) is 0. The van der Waals surface area contributed by atoms with E-state index in [1.54, 1.807) is 0 Å². The van der Waals surface area contributed by atoms with Crippen molar-refractivity contribution < 1.29 is 14.3 Å². The number of carboxylic acids is 1. The summed E-state index contributed by atoms with van der Waals surface area (Å²) in [6, 6.07) is 3.66. The minimum Gasteiger partial charge on any atom is -0.477 e. The molecule has 0 unspecified atom stereocenters. The van der Waals surface area contributed by atoms with E-state index in [-0.39, 0.29) is 15.6 Å². The Morgan fingerprint density at radius 1 is 1.50 bits per heavy atom. The summed E-state index contributed by atoms with van der Waals surface area (Å²) in [5.41, 5.74) is 0.511. The number of hydrogen-bond donors (Lipinski definition) is 1. The SMILES string of the molecule is O=C(O)c1snnc1-c1ccc(F)cc1Cl. The van der Waals surface area contributed by atoms with Gasteiger partial charge in [-0.3, -0.25) is 0 Å². The van der Waals surface area contributed by atoms with Crippen LogP contribution in [0.2, 0.25) is 5.02 Å². The van der Waals surface area contributed by atoms with E-state index in [1.807, 2.05) is 0 Å². The molecule has 82 valence electrons. The molecule has 2 rings (SSSR count). The number of halogens is 2. The summed E-state index contributed by atoms with van der Waals surface area (Å²) in [5, 5.41) is 12.7. The molecule has 0 aliphatic rings. The number of rotatable bonds is 2. The Morgan fingerprint density at radius 2 is 2.25 bits per heavy atom. The molecule has 1 aromatic carbocycles. The molecule has 0 bridgehead atoms. The van der Waals surface area contributed by atoms with Crippen molar-refractivity contribution in [1.29, 1.82) is 0 Å². The lowest BCUT2D eigenvalue weighted by molar-refractivity contribution is 0.0702. The molecule has 1 N–H and O–H groups in total. The number of nitrogens with zero attached hydrogens (tertiary/aromatic N) is 2. The van der Waals surface area contributed by atoms with Crippen molar-refractivity contribution in [3.8, 4) is 11.3 Å². The Labute approximate surface area is 98.5 Å². The fourth-order valence-electron chi connectivity index (χ4n) is 1.19. The van der Waals surface area contributed by atoms with E-state index in [9.17, 15) is 9.18 Å². The number of hydrogen-bond acceptors (Lipinski definition) is 4. The van der Waals surface area contributed by atoms with Gasteiger partial charge in [-0.2, -0.15) is 0 Å². The van der Waals surface area contributed by atoms with Crippen LogP contribution in [0.5, 0.6) is 0 Å². The van der Waals surface area contributed by atoms with Gasteiger partial charge in [-0.25, -0.2) is 9.18 Å². The second kappa shape index (κ2) is 4.15. The first-order chi connectivity index (χ1) is 7.59. The van der Waals surface area contributed by atoms with Gasteiger partial charge in [0.2, 0.25) is 0 Å². The minimum absolute atomic E-state index is 0.0199. The first-order valence-electron chi connectivity index (χ1n) is 4.10. The van der Waals surface area contributed by atoms with Crippen LogP contribution >= 0.6 is 23.1 Å². The van der Waals surface area contributed by atoms with Crippen LogP contribution in [0, 0.1) is 5.82 Å². The molecule has 16 heavy (non-hydrogen) atoms. The molecule has 0 aliphatic carbocycles. The van der Waals surface area contributed by atoms with Crippen LogP contribution in [-0.4, -0.2) is 20.7 Å². The second-order valence-corrected chi connectivity index (χ2v) is 4.04. The zero-order valence-electron chi connectivity index (χ0n) is 7.65. The highest BCUT2D eigenvalue weighted by Crippen LogP contribution is 2.30. The Kier molecular flexibility index (Phi) is 2.84. The topological polar surface area (TPSA) is 63.1 Å². The van der Waals surface area contributed by atoms with Gasteiger partial charge in [0.05, 0.1) is 5.02 Å². The van der Waals surface area contributed by atoms with Gasteiger partial charge in [0.25, 0.3) is 0 Å². The third-order valence-electron chi connectivity index (χ3n) is 1.87. The Bertz CT molecular complexity index is 558. The molecule has 0 fully saturated rings. The van der Waals surface area contributed by atoms with E-state index in [2.05, 4.69) is 9.59 Å². The molecule has 1 heterocycles. The fourth-order valence-corrected chi connectivity index (χ4v) is 1.96. The highest BCUT2D eigenvalue weighted by atomic mass is 35.5.